The Hall–Kier alpha value is -2.49. The van der Waals surface area contributed by atoms with Crippen LogP contribution in [0.5, 0.6) is 0 Å². The van der Waals surface area contributed by atoms with Gasteiger partial charge < -0.3 is 5.11 Å². The van der Waals surface area contributed by atoms with Gasteiger partial charge in [-0.25, -0.2) is 9.18 Å². The Balaban J connectivity index is 2.50. The van der Waals surface area contributed by atoms with Gasteiger partial charge in [0.05, 0.1) is 5.69 Å². The molecule has 1 N–H and O–H groups in total. The molecule has 0 aliphatic carbocycles. The Morgan fingerprint density at radius 2 is 2.11 bits per heavy atom. The fourth-order valence-corrected chi connectivity index (χ4v) is 1.76. The molecule has 0 amide bonds. The molecule has 0 radical (unpaired) electrons. The van der Waals surface area contributed by atoms with Gasteiger partial charge in [0.15, 0.2) is 0 Å². The van der Waals surface area contributed by atoms with Crippen molar-refractivity contribution in [2.75, 3.05) is 0 Å². The summed E-state index contributed by atoms with van der Waals surface area (Å²) >= 11 is 0. The van der Waals surface area contributed by atoms with Crippen molar-refractivity contribution in [2.45, 2.75) is 6.92 Å². The van der Waals surface area contributed by atoms with Crippen molar-refractivity contribution >= 4 is 11.5 Å². The lowest BCUT2D eigenvalue weighted by Crippen LogP contribution is -1.93. The van der Waals surface area contributed by atoms with Crippen LogP contribution in [-0.2, 0) is 4.79 Å². The number of rotatable bonds is 3. The second kappa shape index (κ2) is 5.44. The first-order valence-corrected chi connectivity index (χ1v) is 5.70. The third-order valence-electron chi connectivity index (χ3n) is 2.70. The molecule has 1 heterocycles. The molecule has 2 rings (SSSR count). The third-order valence-corrected chi connectivity index (χ3v) is 2.70. The van der Waals surface area contributed by atoms with Gasteiger partial charge in [-0.3, -0.25) is 4.98 Å². The first-order chi connectivity index (χ1) is 9.08. The van der Waals surface area contributed by atoms with Crippen LogP contribution in [0.3, 0.4) is 0 Å². The number of pyridine rings is 1. The molecule has 0 bridgehead atoms. The number of aromatic nitrogens is 1. The Morgan fingerprint density at radius 3 is 2.74 bits per heavy atom. The summed E-state index contributed by atoms with van der Waals surface area (Å²) in [4.78, 5) is 14.7. The van der Waals surface area contributed by atoms with Gasteiger partial charge in [0.1, 0.15) is 5.82 Å². The fourth-order valence-electron chi connectivity index (χ4n) is 1.76. The number of nitrogens with zero attached hydrogens (tertiary/aromatic N) is 1. The zero-order valence-electron chi connectivity index (χ0n) is 10.3. The number of hydrogen-bond acceptors (Lipinski definition) is 2. The molecule has 96 valence electrons. The van der Waals surface area contributed by atoms with Crippen molar-refractivity contribution in [3.05, 3.63) is 60.1 Å². The van der Waals surface area contributed by atoms with Gasteiger partial charge in [-0.1, -0.05) is 12.1 Å². The molecule has 0 unspecified atom stereocenters. The van der Waals surface area contributed by atoms with E-state index in [0.29, 0.717) is 22.4 Å². The van der Waals surface area contributed by atoms with E-state index in [-0.39, 0.29) is 5.82 Å². The summed E-state index contributed by atoms with van der Waals surface area (Å²) < 4.78 is 13.8. The fraction of sp³-hybridized carbons (Fsp3) is 0.0667. The second-order valence-corrected chi connectivity index (χ2v) is 4.08. The van der Waals surface area contributed by atoms with E-state index in [9.17, 15) is 9.18 Å². The lowest BCUT2D eigenvalue weighted by molar-refractivity contribution is -0.131. The van der Waals surface area contributed by atoms with Crippen LogP contribution in [0.1, 0.15) is 12.5 Å². The molecular formula is C15H12FNO2. The average Bonchev–Trinajstić information content (AvgIpc) is 2.39. The Kier molecular flexibility index (Phi) is 3.71. The average molecular weight is 257 g/mol. The largest absolute Gasteiger partial charge is 0.478 e. The molecule has 0 atom stereocenters. The smallest absolute Gasteiger partial charge is 0.328 e. The number of benzene rings is 1. The summed E-state index contributed by atoms with van der Waals surface area (Å²) in [6.45, 7) is 1.67. The van der Waals surface area contributed by atoms with Crippen LogP contribution >= 0.6 is 0 Å². The normalized spacial score (nSPS) is 11.4. The zero-order valence-corrected chi connectivity index (χ0v) is 10.3. The lowest BCUT2D eigenvalue weighted by atomic mass is 10.0. The summed E-state index contributed by atoms with van der Waals surface area (Å²) in [7, 11) is 0. The van der Waals surface area contributed by atoms with Crippen LogP contribution in [0, 0.1) is 5.82 Å². The van der Waals surface area contributed by atoms with Crippen molar-refractivity contribution in [3.63, 3.8) is 0 Å². The van der Waals surface area contributed by atoms with E-state index in [4.69, 9.17) is 5.11 Å². The van der Waals surface area contributed by atoms with E-state index in [2.05, 4.69) is 4.98 Å². The number of carbonyl (C=O) groups is 1. The Morgan fingerprint density at radius 1 is 1.32 bits per heavy atom. The molecule has 4 heteroatoms. The maximum absolute atomic E-state index is 13.8. The van der Waals surface area contributed by atoms with Gasteiger partial charge >= 0.3 is 5.97 Å². The van der Waals surface area contributed by atoms with Gasteiger partial charge in [-0.05, 0) is 42.3 Å². The molecule has 0 aliphatic rings. The van der Waals surface area contributed by atoms with E-state index in [1.807, 2.05) is 0 Å². The van der Waals surface area contributed by atoms with Gasteiger partial charge in [-0.15, -0.1) is 0 Å². The van der Waals surface area contributed by atoms with Crippen molar-refractivity contribution < 1.29 is 14.3 Å². The standard InChI is InChI=1S/C15H12FNO2/c1-10(8-15(18)19)11-5-6-13(16)12(9-11)14-4-2-3-7-17-14/h2-9H,1H3,(H,18,19)/b10-8+. The van der Waals surface area contributed by atoms with E-state index >= 15 is 0 Å². The predicted octanol–water partition coefficient (Wildman–Crippen LogP) is 3.38. The van der Waals surface area contributed by atoms with Crippen molar-refractivity contribution in [2.24, 2.45) is 0 Å². The van der Waals surface area contributed by atoms with Crippen molar-refractivity contribution in [1.82, 2.24) is 4.98 Å². The highest BCUT2D eigenvalue weighted by molar-refractivity contribution is 5.89. The molecule has 19 heavy (non-hydrogen) atoms. The molecular weight excluding hydrogens is 245 g/mol. The molecule has 0 spiro atoms. The minimum atomic E-state index is -1.03. The zero-order chi connectivity index (χ0) is 13.8. The second-order valence-electron chi connectivity index (χ2n) is 4.08. The maximum Gasteiger partial charge on any atom is 0.328 e. The molecule has 0 fully saturated rings. The van der Waals surface area contributed by atoms with E-state index in [1.165, 1.54) is 6.07 Å². The first kappa shape index (κ1) is 13.0. The van der Waals surface area contributed by atoms with Crippen LogP contribution < -0.4 is 0 Å². The molecule has 1 aromatic carbocycles. The molecule has 3 nitrogen and oxygen atoms in total. The van der Waals surface area contributed by atoms with Crippen LogP contribution in [0.2, 0.25) is 0 Å². The molecule has 1 aromatic heterocycles. The number of halogens is 1. The van der Waals surface area contributed by atoms with Crippen LogP contribution in [-0.4, -0.2) is 16.1 Å². The molecule has 2 aromatic rings. The lowest BCUT2D eigenvalue weighted by Gasteiger charge is -2.06. The van der Waals surface area contributed by atoms with Crippen molar-refractivity contribution in [1.29, 1.82) is 0 Å². The van der Waals surface area contributed by atoms with E-state index in [0.717, 1.165) is 6.08 Å². The van der Waals surface area contributed by atoms with Crippen LogP contribution in [0.25, 0.3) is 16.8 Å². The van der Waals surface area contributed by atoms with Gasteiger partial charge in [-0.2, -0.15) is 0 Å². The Labute approximate surface area is 110 Å². The predicted molar refractivity (Wildman–Crippen MR) is 70.9 cm³/mol. The number of carboxylic acids is 1. The molecule has 0 saturated carbocycles. The quantitative estimate of drug-likeness (QED) is 0.857. The number of carboxylic acid groups (broad SMARTS) is 1. The van der Waals surface area contributed by atoms with Gasteiger partial charge in [0.25, 0.3) is 0 Å². The monoisotopic (exact) mass is 257 g/mol. The molecule has 0 saturated heterocycles. The highest BCUT2D eigenvalue weighted by Crippen LogP contribution is 2.25. The van der Waals surface area contributed by atoms with Crippen LogP contribution in [0.4, 0.5) is 4.39 Å². The topological polar surface area (TPSA) is 50.2 Å². The highest BCUT2D eigenvalue weighted by atomic mass is 19.1. The minimum Gasteiger partial charge on any atom is -0.478 e. The van der Waals surface area contributed by atoms with E-state index < -0.39 is 5.97 Å². The Bertz CT molecular complexity index is 636. The first-order valence-electron chi connectivity index (χ1n) is 5.70. The number of aliphatic carboxylic acids is 1. The molecule has 0 aliphatic heterocycles. The SMILES string of the molecule is C/C(=C\C(=O)O)c1ccc(F)c(-c2ccccn2)c1. The van der Waals surface area contributed by atoms with E-state index in [1.54, 1.807) is 43.5 Å². The summed E-state index contributed by atoms with van der Waals surface area (Å²) in [5, 5.41) is 8.72. The summed E-state index contributed by atoms with van der Waals surface area (Å²) in [6, 6.07) is 9.70. The summed E-state index contributed by atoms with van der Waals surface area (Å²) in [5.74, 6) is -1.41. The van der Waals surface area contributed by atoms with Crippen LogP contribution in [0.15, 0.2) is 48.7 Å². The van der Waals surface area contributed by atoms with Gasteiger partial charge in [0.2, 0.25) is 0 Å². The maximum atomic E-state index is 13.8. The third kappa shape index (κ3) is 3.04. The highest BCUT2D eigenvalue weighted by Gasteiger charge is 2.08. The van der Waals surface area contributed by atoms with Gasteiger partial charge in [0, 0.05) is 17.8 Å². The number of allylic oxidation sites excluding steroid dienone is 1. The summed E-state index contributed by atoms with van der Waals surface area (Å²) in [6.07, 6.45) is 2.68. The summed E-state index contributed by atoms with van der Waals surface area (Å²) in [5.41, 5.74) is 2.09. The minimum absolute atomic E-state index is 0.358. The van der Waals surface area contributed by atoms with Crippen molar-refractivity contribution in [3.8, 4) is 11.3 Å². The number of hydrogen-bond donors (Lipinski definition) is 1.